The summed E-state index contributed by atoms with van der Waals surface area (Å²) >= 11 is 0. The fraction of sp³-hybridized carbons (Fsp3) is 0.462. The van der Waals surface area contributed by atoms with Crippen LogP contribution in [0.3, 0.4) is 0 Å². The molecule has 3 N–H and O–H groups in total. The first-order valence-electron chi connectivity index (χ1n) is 6.11. The number of ether oxygens (including phenoxy) is 3. The molecule has 1 amide bonds. The Morgan fingerprint density at radius 2 is 2.26 bits per heavy atom. The van der Waals surface area contributed by atoms with Gasteiger partial charge < -0.3 is 25.3 Å². The molecule has 19 heavy (non-hydrogen) atoms. The minimum absolute atomic E-state index is 0.191. The summed E-state index contributed by atoms with van der Waals surface area (Å²) in [5.74, 6) is 1.15. The maximum absolute atomic E-state index is 11.6. The van der Waals surface area contributed by atoms with E-state index in [0.29, 0.717) is 18.9 Å². The second-order valence-corrected chi connectivity index (χ2v) is 4.30. The average molecular weight is 266 g/mol. The van der Waals surface area contributed by atoms with E-state index in [0.717, 1.165) is 5.75 Å². The normalized spacial score (nSPS) is 18.7. The highest BCUT2D eigenvalue weighted by Crippen LogP contribution is 2.30. The van der Waals surface area contributed by atoms with E-state index in [1.807, 2.05) is 24.3 Å². The minimum Gasteiger partial charge on any atom is -0.486 e. The van der Waals surface area contributed by atoms with Crippen LogP contribution in [-0.4, -0.2) is 44.9 Å². The lowest BCUT2D eigenvalue weighted by Crippen LogP contribution is -2.48. The van der Waals surface area contributed by atoms with Gasteiger partial charge in [-0.25, -0.2) is 0 Å². The highest BCUT2D eigenvalue weighted by atomic mass is 16.6. The molecule has 2 rings (SSSR count). The number of nitrogens with two attached hydrogens (primary N) is 1. The molecule has 1 aliphatic heterocycles. The smallest absolute Gasteiger partial charge is 0.239 e. The Balaban J connectivity index is 1.81. The molecule has 0 bridgehead atoms. The van der Waals surface area contributed by atoms with E-state index in [9.17, 15) is 4.79 Å². The Kier molecular flexibility index (Phi) is 4.59. The zero-order chi connectivity index (χ0) is 13.7. The van der Waals surface area contributed by atoms with Crippen molar-refractivity contribution in [1.29, 1.82) is 0 Å². The summed E-state index contributed by atoms with van der Waals surface area (Å²) < 4.78 is 16.1. The van der Waals surface area contributed by atoms with Gasteiger partial charge in [-0.15, -0.1) is 0 Å². The molecular formula is C13H18N2O4. The fourth-order valence-corrected chi connectivity index (χ4v) is 1.76. The van der Waals surface area contributed by atoms with Crippen LogP contribution in [-0.2, 0) is 9.53 Å². The van der Waals surface area contributed by atoms with Gasteiger partial charge in [0.1, 0.15) is 18.8 Å². The predicted molar refractivity (Wildman–Crippen MR) is 69.2 cm³/mol. The Labute approximate surface area is 111 Å². The van der Waals surface area contributed by atoms with Crippen LogP contribution in [0.1, 0.15) is 0 Å². The maximum atomic E-state index is 11.6. The first-order valence-corrected chi connectivity index (χ1v) is 6.11. The molecule has 1 aromatic rings. The standard InChI is InChI=1S/C13H18N2O4/c1-17-8-10(14)13(16)15-6-9-7-18-11-4-2-3-5-12(11)19-9/h2-5,9-10H,6-8,14H2,1H3,(H,15,16). The molecule has 0 radical (unpaired) electrons. The maximum Gasteiger partial charge on any atom is 0.239 e. The van der Waals surface area contributed by atoms with E-state index in [1.54, 1.807) is 0 Å². The van der Waals surface area contributed by atoms with E-state index < -0.39 is 6.04 Å². The van der Waals surface area contributed by atoms with Gasteiger partial charge in [0.25, 0.3) is 0 Å². The number of hydrogen-bond acceptors (Lipinski definition) is 5. The van der Waals surface area contributed by atoms with Crippen molar-refractivity contribution in [1.82, 2.24) is 5.32 Å². The van der Waals surface area contributed by atoms with Gasteiger partial charge in [-0.3, -0.25) is 4.79 Å². The molecule has 6 heteroatoms. The summed E-state index contributed by atoms with van der Waals surface area (Å²) in [7, 11) is 1.50. The van der Waals surface area contributed by atoms with Gasteiger partial charge in [0, 0.05) is 7.11 Å². The Morgan fingerprint density at radius 3 is 3.00 bits per heavy atom. The van der Waals surface area contributed by atoms with Gasteiger partial charge in [0.15, 0.2) is 11.5 Å². The largest absolute Gasteiger partial charge is 0.486 e. The summed E-state index contributed by atoms with van der Waals surface area (Å²) in [5.41, 5.74) is 5.61. The second-order valence-electron chi connectivity index (χ2n) is 4.30. The molecule has 0 saturated heterocycles. The molecule has 6 nitrogen and oxygen atoms in total. The summed E-state index contributed by atoms with van der Waals surface area (Å²) in [6.45, 7) is 0.943. The number of carbonyl (C=O) groups excluding carboxylic acids is 1. The molecule has 104 valence electrons. The molecule has 0 aromatic heterocycles. The highest BCUT2D eigenvalue weighted by molar-refractivity contribution is 5.81. The van der Waals surface area contributed by atoms with E-state index in [2.05, 4.69) is 5.32 Å². The van der Waals surface area contributed by atoms with Crippen molar-refractivity contribution in [3.8, 4) is 11.5 Å². The third-order valence-corrected chi connectivity index (χ3v) is 2.75. The molecule has 2 unspecified atom stereocenters. The van der Waals surface area contributed by atoms with Crippen molar-refractivity contribution in [3.63, 3.8) is 0 Å². The lowest BCUT2D eigenvalue weighted by molar-refractivity contribution is -0.123. The van der Waals surface area contributed by atoms with Gasteiger partial charge in [0.2, 0.25) is 5.91 Å². The molecule has 1 aromatic carbocycles. The average Bonchev–Trinajstić information content (AvgIpc) is 2.44. The van der Waals surface area contributed by atoms with Crippen molar-refractivity contribution in [3.05, 3.63) is 24.3 Å². The molecule has 0 spiro atoms. The van der Waals surface area contributed by atoms with Crippen molar-refractivity contribution in [2.75, 3.05) is 26.9 Å². The SMILES string of the molecule is COCC(N)C(=O)NCC1COc2ccccc2O1. The summed E-state index contributed by atoms with van der Waals surface area (Å²) in [6, 6.07) is 6.77. The van der Waals surface area contributed by atoms with Crippen molar-refractivity contribution >= 4 is 5.91 Å². The highest BCUT2D eigenvalue weighted by Gasteiger charge is 2.22. The van der Waals surface area contributed by atoms with E-state index in [-0.39, 0.29) is 18.6 Å². The fourth-order valence-electron chi connectivity index (χ4n) is 1.76. The van der Waals surface area contributed by atoms with E-state index >= 15 is 0 Å². The molecule has 1 heterocycles. The number of benzene rings is 1. The molecule has 0 fully saturated rings. The van der Waals surface area contributed by atoms with Crippen LogP contribution in [0.15, 0.2) is 24.3 Å². The first-order chi connectivity index (χ1) is 9.20. The molecule has 2 atom stereocenters. The second kappa shape index (κ2) is 6.40. The molecular weight excluding hydrogens is 248 g/mol. The zero-order valence-electron chi connectivity index (χ0n) is 10.8. The van der Waals surface area contributed by atoms with Crippen molar-refractivity contribution in [2.24, 2.45) is 5.73 Å². The number of fused-ring (bicyclic) bond motifs is 1. The topological polar surface area (TPSA) is 82.8 Å². The number of nitrogens with one attached hydrogen (secondary N) is 1. The zero-order valence-corrected chi connectivity index (χ0v) is 10.8. The third-order valence-electron chi connectivity index (χ3n) is 2.75. The molecule has 0 aliphatic carbocycles. The number of para-hydroxylation sites is 2. The summed E-state index contributed by atoms with van der Waals surface area (Å²) in [5, 5.41) is 2.72. The molecule has 1 aliphatic rings. The van der Waals surface area contributed by atoms with Gasteiger partial charge in [0.05, 0.1) is 13.2 Å². The number of amides is 1. The van der Waals surface area contributed by atoms with Crippen LogP contribution >= 0.6 is 0 Å². The van der Waals surface area contributed by atoms with Crippen molar-refractivity contribution in [2.45, 2.75) is 12.1 Å². The lowest BCUT2D eigenvalue weighted by Gasteiger charge is -2.26. The number of methoxy groups -OCH3 is 1. The minimum atomic E-state index is -0.665. The first kappa shape index (κ1) is 13.6. The predicted octanol–water partition coefficient (Wildman–Crippen LogP) is -0.0837. The van der Waals surface area contributed by atoms with Crippen LogP contribution in [0.25, 0.3) is 0 Å². The van der Waals surface area contributed by atoms with E-state index in [1.165, 1.54) is 7.11 Å². The van der Waals surface area contributed by atoms with Gasteiger partial charge in [-0.05, 0) is 12.1 Å². The van der Waals surface area contributed by atoms with Gasteiger partial charge in [-0.2, -0.15) is 0 Å². The number of hydrogen-bond donors (Lipinski definition) is 2. The van der Waals surface area contributed by atoms with Crippen LogP contribution < -0.4 is 20.5 Å². The van der Waals surface area contributed by atoms with Crippen LogP contribution in [0, 0.1) is 0 Å². The van der Waals surface area contributed by atoms with Gasteiger partial charge in [-0.1, -0.05) is 12.1 Å². The van der Waals surface area contributed by atoms with Crippen molar-refractivity contribution < 1.29 is 19.0 Å². The number of carbonyl (C=O) groups is 1. The van der Waals surface area contributed by atoms with Crippen LogP contribution in [0.4, 0.5) is 0 Å². The Bertz CT molecular complexity index is 438. The molecule has 0 saturated carbocycles. The quantitative estimate of drug-likeness (QED) is 0.778. The van der Waals surface area contributed by atoms with E-state index in [4.69, 9.17) is 19.9 Å². The third kappa shape index (κ3) is 3.59. The Morgan fingerprint density at radius 1 is 1.53 bits per heavy atom. The Hall–Kier alpha value is -1.79. The summed E-state index contributed by atoms with van der Waals surface area (Å²) in [4.78, 5) is 11.6. The van der Waals surface area contributed by atoms with Crippen LogP contribution in [0.5, 0.6) is 11.5 Å². The summed E-state index contributed by atoms with van der Waals surface area (Å²) in [6.07, 6.45) is -0.214. The number of rotatable bonds is 5. The van der Waals surface area contributed by atoms with Gasteiger partial charge >= 0.3 is 0 Å². The monoisotopic (exact) mass is 266 g/mol. The lowest BCUT2D eigenvalue weighted by atomic mass is 10.2. The van der Waals surface area contributed by atoms with Crippen LogP contribution in [0.2, 0.25) is 0 Å².